The van der Waals surface area contributed by atoms with Crippen molar-refractivity contribution in [3.05, 3.63) is 34.9 Å². The molecule has 2 aliphatic rings. The number of hydrogen-bond donors (Lipinski definition) is 1. The fourth-order valence-electron chi connectivity index (χ4n) is 3.41. The van der Waals surface area contributed by atoms with Crippen LogP contribution < -0.4 is 5.32 Å². The summed E-state index contributed by atoms with van der Waals surface area (Å²) in [5, 5.41) is 4.28. The van der Waals surface area contributed by atoms with E-state index in [1.54, 1.807) is 0 Å². The number of benzene rings is 1. The van der Waals surface area contributed by atoms with Crippen LogP contribution in [0.1, 0.15) is 18.4 Å². The molecule has 2 heterocycles. The molecule has 0 bridgehead atoms. The van der Waals surface area contributed by atoms with E-state index in [2.05, 4.69) is 27.2 Å². The molecular formula is C17H27Cl2N3. The molecule has 0 aromatic heterocycles. The Morgan fingerprint density at radius 1 is 0.955 bits per heavy atom. The maximum atomic E-state index is 5.94. The monoisotopic (exact) mass is 343 g/mol. The number of rotatable bonds is 4. The Morgan fingerprint density at radius 3 is 2.18 bits per heavy atom. The van der Waals surface area contributed by atoms with E-state index in [4.69, 9.17) is 11.6 Å². The standard InChI is InChI=1S/C17H26ClN3.ClH/c18-17-3-1-15(2-4-17)13-20-9-11-21(12-10-20)14-16-5-7-19-8-6-16;/h1-4,16,19H,5-14H2;1H. The van der Waals surface area contributed by atoms with Gasteiger partial charge in [0.1, 0.15) is 0 Å². The summed E-state index contributed by atoms with van der Waals surface area (Å²) < 4.78 is 0. The third kappa shape index (κ3) is 5.39. The molecule has 1 aromatic carbocycles. The van der Waals surface area contributed by atoms with Crippen molar-refractivity contribution in [2.75, 3.05) is 45.8 Å². The van der Waals surface area contributed by atoms with Crippen molar-refractivity contribution in [1.82, 2.24) is 15.1 Å². The van der Waals surface area contributed by atoms with Crippen LogP contribution in [0, 0.1) is 5.92 Å². The molecule has 0 saturated carbocycles. The number of nitrogens with one attached hydrogen (secondary N) is 1. The molecule has 0 aliphatic carbocycles. The Kier molecular flexibility index (Phi) is 7.45. The molecule has 5 heteroatoms. The van der Waals surface area contributed by atoms with Crippen molar-refractivity contribution < 1.29 is 0 Å². The molecule has 22 heavy (non-hydrogen) atoms. The normalized spacial score (nSPS) is 21.5. The first-order valence-corrected chi connectivity index (χ1v) is 8.57. The summed E-state index contributed by atoms with van der Waals surface area (Å²) in [6, 6.07) is 8.27. The third-order valence-electron chi connectivity index (χ3n) is 4.76. The number of nitrogens with zero attached hydrogens (tertiary/aromatic N) is 2. The van der Waals surface area contributed by atoms with Gasteiger partial charge >= 0.3 is 0 Å². The number of hydrogen-bond acceptors (Lipinski definition) is 3. The largest absolute Gasteiger partial charge is 0.317 e. The van der Waals surface area contributed by atoms with Crippen molar-refractivity contribution in [2.24, 2.45) is 5.92 Å². The summed E-state index contributed by atoms with van der Waals surface area (Å²) in [7, 11) is 0. The minimum absolute atomic E-state index is 0. The van der Waals surface area contributed by atoms with Crippen molar-refractivity contribution in [3.8, 4) is 0 Å². The van der Waals surface area contributed by atoms with Crippen LogP contribution >= 0.6 is 24.0 Å². The van der Waals surface area contributed by atoms with Crippen LogP contribution in [-0.2, 0) is 6.54 Å². The summed E-state index contributed by atoms with van der Waals surface area (Å²) in [5.41, 5.74) is 1.37. The quantitative estimate of drug-likeness (QED) is 0.906. The highest BCUT2D eigenvalue weighted by molar-refractivity contribution is 6.30. The molecule has 0 atom stereocenters. The van der Waals surface area contributed by atoms with E-state index in [1.165, 1.54) is 64.2 Å². The molecule has 0 spiro atoms. The topological polar surface area (TPSA) is 18.5 Å². The molecular weight excluding hydrogens is 317 g/mol. The van der Waals surface area contributed by atoms with Crippen LogP contribution in [0.5, 0.6) is 0 Å². The van der Waals surface area contributed by atoms with Gasteiger partial charge in [0.25, 0.3) is 0 Å². The molecule has 124 valence electrons. The maximum Gasteiger partial charge on any atom is 0.0406 e. The van der Waals surface area contributed by atoms with Gasteiger partial charge in [-0.15, -0.1) is 12.4 Å². The van der Waals surface area contributed by atoms with E-state index in [1.807, 2.05) is 12.1 Å². The van der Waals surface area contributed by atoms with Gasteiger partial charge in [0.2, 0.25) is 0 Å². The van der Waals surface area contributed by atoms with Crippen LogP contribution in [0.4, 0.5) is 0 Å². The predicted molar refractivity (Wildman–Crippen MR) is 96.0 cm³/mol. The zero-order valence-electron chi connectivity index (χ0n) is 13.1. The lowest BCUT2D eigenvalue weighted by Gasteiger charge is -2.37. The molecule has 1 aromatic rings. The smallest absolute Gasteiger partial charge is 0.0406 e. The molecule has 2 fully saturated rings. The highest BCUT2D eigenvalue weighted by Crippen LogP contribution is 2.16. The molecule has 0 radical (unpaired) electrons. The van der Waals surface area contributed by atoms with E-state index in [0.29, 0.717) is 0 Å². The fraction of sp³-hybridized carbons (Fsp3) is 0.647. The Hall–Kier alpha value is -0.320. The van der Waals surface area contributed by atoms with Crippen LogP contribution in [0.3, 0.4) is 0 Å². The summed E-state index contributed by atoms with van der Waals surface area (Å²) in [5.74, 6) is 0.911. The Labute approximate surface area is 145 Å². The van der Waals surface area contributed by atoms with Gasteiger partial charge in [-0.05, 0) is 49.5 Å². The minimum Gasteiger partial charge on any atom is -0.317 e. The number of halogens is 2. The first-order chi connectivity index (χ1) is 10.3. The molecule has 3 nitrogen and oxygen atoms in total. The van der Waals surface area contributed by atoms with Gasteiger partial charge in [-0.1, -0.05) is 23.7 Å². The molecule has 2 aliphatic heterocycles. The molecule has 0 amide bonds. The van der Waals surface area contributed by atoms with E-state index in [-0.39, 0.29) is 12.4 Å². The van der Waals surface area contributed by atoms with Crippen LogP contribution in [0.15, 0.2) is 24.3 Å². The Morgan fingerprint density at radius 2 is 1.55 bits per heavy atom. The first kappa shape index (κ1) is 18.0. The number of piperidine rings is 1. The zero-order valence-corrected chi connectivity index (χ0v) is 14.7. The van der Waals surface area contributed by atoms with Crippen molar-refractivity contribution >= 4 is 24.0 Å². The van der Waals surface area contributed by atoms with Crippen molar-refractivity contribution in [1.29, 1.82) is 0 Å². The maximum absolute atomic E-state index is 5.94. The fourth-order valence-corrected chi connectivity index (χ4v) is 3.53. The van der Waals surface area contributed by atoms with Crippen molar-refractivity contribution in [3.63, 3.8) is 0 Å². The minimum atomic E-state index is 0. The van der Waals surface area contributed by atoms with Gasteiger partial charge in [0.05, 0.1) is 0 Å². The molecule has 2 saturated heterocycles. The summed E-state index contributed by atoms with van der Waals surface area (Å²) in [6.45, 7) is 9.59. The summed E-state index contributed by atoms with van der Waals surface area (Å²) in [6.07, 6.45) is 2.70. The zero-order chi connectivity index (χ0) is 14.5. The lowest BCUT2D eigenvalue weighted by molar-refractivity contribution is 0.107. The average Bonchev–Trinajstić information content (AvgIpc) is 2.53. The average molecular weight is 344 g/mol. The van der Waals surface area contributed by atoms with Gasteiger partial charge in [0.15, 0.2) is 0 Å². The van der Waals surface area contributed by atoms with Crippen molar-refractivity contribution in [2.45, 2.75) is 19.4 Å². The van der Waals surface area contributed by atoms with Crippen LogP contribution in [0.25, 0.3) is 0 Å². The molecule has 1 N–H and O–H groups in total. The highest BCUT2D eigenvalue weighted by atomic mass is 35.5. The second-order valence-electron chi connectivity index (χ2n) is 6.40. The summed E-state index contributed by atoms with van der Waals surface area (Å²) in [4.78, 5) is 5.22. The third-order valence-corrected chi connectivity index (χ3v) is 5.01. The Bertz CT molecular complexity index is 424. The van der Waals surface area contributed by atoms with Gasteiger partial charge < -0.3 is 10.2 Å². The molecule has 3 rings (SSSR count). The van der Waals surface area contributed by atoms with E-state index in [0.717, 1.165) is 17.5 Å². The van der Waals surface area contributed by atoms with Gasteiger partial charge in [-0.25, -0.2) is 0 Å². The van der Waals surface area contributed by atoms with E-state index in [9.17, 15) is 0 Å². The second kappa shape index (κ2) is 9.09. The van der Waals surface area contributed by atoms with Crippen LogP contribution in [-0.4, -0.2) is 55.6 Å². The Balaban J connectivity index is 0.00000176. The predicted octanol–water partition coefficient (Wildman–Crippen LogP) is 2.88. The summed E-state index contributed by atoms with van der Waals surface area (Å²) >= 11 is 5.94. The number of piperazine rings is 1. The SMILES string of the molecule is Cl.Clc1ccc(CN2CCN(CC3CCNCC3)CC2)cc1. The first-order valence-electron chi connectivity index (χ1n) is 8.19. The second-order valence-corrected chi connectivity index (χ2v) is 6.83. The van der Waals surface area contributed by atoms with Gasteiger partial charge in [0, 0.05) is 44.3 Å². The van der Waals surface area contributed by atoms with Gasteiger partial charge in [-0.2, -0.15) is 0 Å². The lowest BCUT2D eigenvalue weighted by Crippen LogP contribution is -2.48. The van der Waals surface area contributed by atoms with Crippen LogP contribution in [0.2, 0.25) is 5.02 Å². The van der Waals surface area contributed by atoms with Gasteiger partial charge in [-0.3, -0.25) is 4.90 Å². The molecule has 0 unspecified atom stereocenters. The van der Waals surface area contributed by atoms with E-state index < -0.39 is 0 Å². The lowest BCUT2D eigenvalue weighted by atomic mass is 9.97. The highest BCUT2D eigenvalue weighted by Gasteiger charge is 2.21. The van der Waals surface area contributed by atoms with E-state index >= 15 is 0 Å².